The molecule has 2 aromatic rings. The molecule has 2 unspecified atom stereocenters. The Bertz CT molecular complexity index is 863. The maximum atomic E-state index is 10.4. The summed E-state index contributed by atoms with van der Waals surface area (Å²) in [4.78, 5) is 0. The smallest absolute Gasteiger partial charge is 0.128 e. The van der Waals surface area contributed by atoms with Crippen LogP contribution in [0.3, 0.4) is 0 Å². The zero-order valence-corrected chi connectivity index (χ0v) is 25.5. The zero-order chi connectivity index (χ0) is 29.4. The summed E-state index contributed by atoms with van der Waals surface area (Å²) in [5, 5.41) is 20.8. The lowest BCUT2D eigenvalue weighted by Crippen LogP contribution is -2.17. The summed E-state index contributed by atoms with van der Waals surface area (Å²) in [5.41, 5.74) is 0. The van der Waals surface area contributed by atoms with Crippen LogP contribution in [-0.4, -0.2) is 22.4 Å². The Morgan fingerprint density at radius 1 is 0.561 bits per heavy atom. The third-order valence-corrected chi connectivity index (χ3v) is 7.20. The van der Waals surface area contributed by atoms with Gasteiger partial charge in [-0.1, -0.05) is 102 Å². The van der Waals surface area contributed by atoms with Crippen LogP contribution in [-0.2, 0) is 4.74 Å². The molecule has 2 aromatic carbocycles. The standard InChI is InChI=1S/C36H54O5/c1-3-5-7-9-13-23-35(40-33-19-15-11-16-20-33)27-25-31(37)29-39-30-32(38)26-28-36(24-14-10-8-6-4-2)41-34-21-17-12-18-22-34/h11-12,15-22,29-30,35-38H,3-10,13-14,23-28H2,1-2H3. The molecule has 0 aliphatic heterocycles. The molecule has 228 valence electrons. The second-order valence-corrected chi connectivity index (χ2v) is 10.9. The lowest BCUT2D eigenvalue weighted by atomic mass is 10.0. The van der Waals surface area contributed by atoms with Crippen molar-refractivity contribution in [3.8, 4) is 11.5 Å². The van der Waals surface area contributed by atoms with Gasteiger partial charge in [-0.15, -0.1) is 0 Å². The highest BCUT2D eigenvalue weighted by molar-refractivity contribution is 5.22. The topological polar surface area (TPSA) is 68.2 Å². The maximum absolute atomic E-state index is 10.4. The van der Waals surface area contributed by atoms with Crippen LogP contribution >= 0.6 is 0 Å². The van der Waals surface area contributed by atoms with Gasteiger partial charge in [-0.2, -0.15) is 0 Å². The fourth-order valence-corrected chi connectivity index (χ4v) is 4.79. The quantitative estimate of drug-likeness (QED) is 0.0977. The van der Waals surface area contributed by atoms with Crippen molar-refractivity contribution < 1.29 is 24.4 Å². The summed E-state index contributed by atoms with van der Waals surface area (Å²) in [6, 6.07) is 19.7. The summed E-state index contributed by atoms with van der Waals surface area (Å²) in [6.45, 7) is 4.45. The van der Waals surface area contributed by atoms with Gasteiger partial charge in [-0.3, -0.25) is 0 Å². The molecule has 2 atom stereocenters. The SMILES string of the molecule is CCCCCCCC(CCC(O)=COC=C(O)CCC(CCCCCCC)Oc1ccccc1)Oc1ccccc1. The minimum absolute atomic E-state index is 0.0297. The van der Waals surface area contributed by atoms with Crippen molar-refractivity contribution in [1.82, 2.24) is 0 Å². The molecular weight excluding hydrogens is 512 g/mol. The second-order valence-electron chi connectivity index (χ2n) is 10.9. The molecule has 5 nitrogen and oxygen atoms in total. The molecule has 0 aliphatic rings. The van der Waals surface area contributed by atoms with Crippen LogP contribution in [0, 0.1) is 0 Å². The van der Waals surface area contributed by atoms with Crippen molar-refractivity contribution in [2.24, 2.45) is 0 Å². The van der Waals surface area contributed by atoms with Crippen LogP contribution in [0.4, 0.5) is 0 Å². The van der Waals surface area contributed by atoms with Crippen molar-refractivity contribution >= 4 is 0 Å². The molecular formula is C36H54O5. The molecule has 0 aliphatic carbocycles. The third kappa shape index (κ3) is 17.4. The largest absolute Gasteiger partial charge is 0.509 e. The van der Waals surface area contributed by atoms with E-state index in [0.29, 0.717) is 25.7 Å². The van der Waals surface area contributed by atoms with Crippen molar-refractivity contribution in [3.05, 3.63) is 84.7 Å². The molecule has 0 aromatic heterocycles. The average Bonchev–Trinajstić information content (AvgIpc) is 2.99. The van der Waals surface area contributed by atoms with Crippen molar-refractivity contribution in [2.75, 3.05) is 0 Å². The number of hydrogen-bond donors (Lipinski definition) is 2. The molecule has 0 heterocycles. The minimum Gasteiger partial charge on any atom is -0.509 e. The second kappa shape index (κ2) is 22.6. The first-order valence-corrected chi connectivity index (χ1v) is 16.0. The first-order chi connectivity index (χ1) is 20.1. The van der Waals surface area contributed by atoms with Gasteiger partial charge in [-0.25, -0.2) is 0 Å². The summed E-state index contributed by atoms with van der Waals surface area (Å²) in [7, 11) is 0. The van der Waals surface area contributed by atoms with E-state index in [0.717, 1.165) is 37.2 Å². The Labute approximate surface area is 249 Å². The van der Waals surface area contributed by atoms with E-state index in [9.17, 15) is 10.2 Å². The molecule has 41 heavy (non-hydrogen) atoms. The van der Waals surface area contributed by atoms with E-state index in [2.05, 4.69) is 13.8 Å². The first kappa shape index (κ1) is 34.1. The number of aliphatic hydroxyl groups is 2. The number of benzene rings is 2. The highest BCUT2D eigenvalue weighted by Crippen LogP contribution is 2.21. The van der Waals surface area contributed by atoms with Crippen LogP contribution in [0.5, 0.6) is 11.5 Å². The van der Waals surface area contributed by atoms with Gasteiger partial charge in [0.2, 0.25) is 0 Å². The molecule has 0 spiro atoms. The van der Waals surface area contributed by atoms with Gasteiger partial charge in [0.05, 0.1) is 12.2 Å². The normalized spacial score (nSPS) is 13.5. The first-order valence-electron chi connectivity index (χ1n) is 16.0. The van der Waals surface area contributed by atoms with Crippen molar-refractivity contribution in [3.63, 3.8) is 0 Å². The Kier molecular flexibility index (Phi) is 18.8. The van der Waals surface area contributed by atoms with E-state index in [1.807, 2.05) is 60.7 Å². The van der Waals surface area contributed by atoms with E-state index in [1.165, 1.54) is 63.9 Å². The molecule has 2 rings (SSSR count). The highest BCUT2D eigenvalue weighted by Gasteiger charge is 2.13. The number of ether oxygens (including phenoxy) is 3. The third-order valence-electron chi connectivity index (χ3n) is 7.20. The molecule has 0 amide bonds. The fraction of sp³-hybridized carbons (Fsp3) is 0.556. The zero-order valence-electron chi connectivity index (χ0n) is 25.5. The monoisotopic (exact) mass is 566 g/mol. The van der Waals surface area contributed by atoms with Crippen LogP contribution in [0.2, 0.25) is 0 Å². The van der Waals surface area contributed by atoms with E-state index in [-0.39, 0.29) is 23.7 Å². The summed E-state index contributed by atoms with van der Waals surface area (Å²) in [5.74, 6) is 1.99. The van der Waals surface area contributed by atoms with Gasteiger partial charge >= 0.3 is 0 Å². The highest BCUT2D eigenvalue weighted by atomic mass is 16.5. The molecule has 0 fully saturated rings. The number of hydrogen-bond acceptors (Lipinski definition) is 5. The predicted octanol–water partition coefficient (Wildman–Crippen LogP) is 11.0. The maximum Gasteiger partial charge on any atom is 0.128 e. The van der Waals surface area contributed by atoms with Crippen molar-refractivity contribution in [1.29, 1.82) is 0 Å². The number of rotatable bonds is 24. The Morgan fingerprint density at radius 2 is 0.951 bits per heavy atom. The number of aliphatic hydroxyl groups excluding tert-OH is 2. The molecule has 0 saturated heterocycles. The average molecular weight is 567 g/mol. The Hall–Kier alpha value is -3.08. The summed E-state index contributed by atoms with van der Waals surface area (Å²) in [6.07, 6.45) is 19.0. The van der Waals surface area contributed by atoms with Gasteiger partial charge in [0.25, 0.3) is 0 Å². The molecule has 0 saturated carbocycles. The van der Waals surface area contributed by atoms with Crippen LogP contribution < -0.4 is 9.47 Å². The number of allylic oxidation sites excluding steroid dienone is 2. The minimum atomic E-state index is 0.0297. The fourth-order valence-electron chi connectivity index (χ4n) is 4.79. The molecule has 0 radical (unpaired) electrons. The summed E-state index contributed by atoms with van der Waals surface area (Å²) < 4.78 is 17.8. The van der Waals surface area contributed by atoms with E-state index >= 15 is 0 Å². The predicted molar refractivity (Wildman–Crippen MR) is 169 cm³/mol. The van der Waals surface area contributed by atoms with Crippen LogP contribution in [0.1, 0.15) is 117 Å². The lowest BCUT2D eigenvalue weighted by Gasteiger charge is -2.19. The van der Waals surface area contributed by atoms with Gasteiger partial charge in [0, 0.05) is 12.8 Å². The van der Waals surface area contributed by atoms with Gasteiger partial charge < -0.3 is 24.4 Å². The van der Waals surface area contributed by atoms with E-state index < -0.39 is 0 Å². The lowest BCUT2D eigenvalue weighted by molar-refractivity contribution is 0.168. The number of para-hydroxylation sites is 2. The van der Waals surface area contributed by atoms with E-state index in [1.54, 1.807) is 0 Å². The van der Waals surface area contributed by atoms with Crippen LogP contribution in [0.25, 0.3) is 0 Å². The van der Waals surface area contributed by atoms with Gasteiger partial charge in [-0.05, 0) is 62.8 Å². The molecule has 0 bridgehead atoms. The van der Waals surface area contributed by atoms with Crippen molar-refractivity contribution in [2.45, 2.75) is 129 Å². The Balaban J connectivity index is 1.80. The van der Waals surface area contributed by atoms with Gasteiger partial charge in [0.1, 0.15) is 35.5 Å². The van der Waals surface area contributed by atoms with E-state index in [4.69, 9.17) is 14.2 Å². The number of unbranched alkanes of at least 4 members (excludes halogenated alkanes) is 8. The van der Waals surface area contributed by atoms with Crippen LogP contribution in [0.15, 0.2) is 84.7 Å². The summed E-state index contributed by atoms with van der Waals surface area (Å²) >= 11 is 0. The van der Waals surface area contributed by atoms with Gasteiger partial charge in [0.15, 0.2) is 0 Å². The molecule has 5 heteroatoms. The Morgan fingerprint density at radius 3 is 1.34 bits per heavy atom. The molecule has 2 N–H and O–H groups in total.